The Bertz CT molecular complexity index is 423. The van der Waals surface area contributed by atoms with Crippen LogP contribution >= 0.6 is 12.4 Å². The minimum Gasteiger partial charge on any atom is -0.330 e. The summed E-state index contributed by atoms with van der Waals surface area (Å²) in [6.07, 6.45) is -4.81. The van der Waals surface area contributed by atoms with Gasteiger partial charge in [-0.3, -0.25) is 4.79 Å². The van der Waals surface area contributed by atoms with E-state index in [4.69, 9.17) is 5.73 Å². The normalized spacial score (nSPS) is 10.7. The van der Waals surface area contributed by atoms with Gasteiger partial charge in [-0.05, 0) is 18.2 Å². The van der Waals surface area contributed by atoms with Crippen molar-refractivity contribution >= 4 is 24.0 Å². The molecule has 0 saturated heterocycles. The first-order valence-corrected chi connectivity index (χ1v) is 4.71. The average Bonchev–Trinajstić information content (AvgIpc) is 2.19. The van der Waals surface area contributed by atoms with Crippen molar-refractivity contribution in [3.8, 4) is 0 Å². The van der Waals surface area contributed by atoms with E-state index in [9.17, 15) is 22.4 Å². The molecule has 0 aromatic heterocycles. The molecule has 0 spiro atoms. The lowest BCUT2D eigenvalue weighted by atomic mass is 10.1. The van der Waals surface area contributed by atoms with Gasteiger partial charge in [0.05, 0.1) is 5.56 Å². The molecule has 1 amide bonds. The monoisotopic (exact) mass is 286 g/mol. The van der Waals surface area contributed by atoms with Crippen LogP contribution in [0.1, 0.15) is 12.0 Å². The summed E-state index contributed by atoms with van der Waals surface area (Å²) in [6, 6.07) is 2.25. The number of benzene rings is 1. The Hall–Kier alpha value is -1.34. The van der Waals surface area contributed by atoms with E-state index in [1.165, 1.54) is 0 Å². The number of carbonyl (C=O) groups is 1. The number of hydrogen-bond acceptors (Lipinski definition) is 2. The molecule has 1 aromatic carbocycles. The van der Waals surface area contributed by atoms with Crippen LogP contribution in [0.25, 0.3) is 0 Å². The third-order valence-corrected chi connectivity index (χ3v) is 1.93. The third kappa shape index (κ3) is 4.50. The topological polar surface area (TPSA) is 55.1 Å². The van der Waals surface area contributed by atoms with Crippen molar-refractivity contribution in [2.75, 3.05) is 11.9 Å². The van der Waals surface area contributed by atoms with Crippen molar-refractivity contribution in [3.63, 3.8) is 0 Å². The zero-order chi connectivity index (χ0) is 13.1. The summed E-state index contributed by atoms with van der Waals surface area (Å²) in [5, 5.41) is 2.20. The smallest absolute Gasteiger partial charge is 0.330 e. The van der Waals surface area contributed by atoms with Crippen LogP contribution < -0.4 is 11.1 Å². The van der Waals surface area contributed by atoms with Gasteiger partial charge >= 0.3 is 6.18 Å². The summed E-state index contributed by atoms with van der Waals surface area (Å²) in [5.41, 5.74) is 3.58. The van der Waals surface area contributed by atoms with Gasteiger partial charge in [-0.2, -0.15) is 13.2 Å². The molecule has 0 radical (unpaired) electrons. The maximum Gasteiger partial charge on any atom is 0.419 e. The van der Waals surface area contributed by atoms with Crippen molar-refractivity contribution in [3.05, 3.63) is 29.6 Å². The van der Waals surface area contributed by atoms with E-state index in [0.29, 0.717) is 12.1 Å². The average molecular weight is 287 g/mol. The van der Waals surface area contributed by atoms with Crippen LogP contribution in [0.2, 0.25) is 0 Å². The molecule has 0 bridgehead atoms. The van der Waals surface area contributed by atoms with E-state index < -0.39 is 23.5 Å². The molecule has 0 aliphatic carbocycles. The summed E-state index contributed by atoms with van der Waals surface area (Å²) in [7, 11) is 0. The summed E-state index contributed by atoms with van der Waals surface area (Å²) in [4.78, 5) is 11.1. The van der Waals surface area contributed by atoms with E-state index in [2.05, 4.69) is 5.32 Å². The SMILES string of the molecule is Cl.NCCC(=O)Nc1ccc(F)c(C(F)(F)F)c1. The first-order chi connectivity index (χ1) is 7.84. The molecule has 0 aliphatic rings. The lowest BCUT2D eigenvalue weighted by Gasteiger charge is -2.10. The van der Waals surface area contributed by atoms with Gasteiger partial charge in [0.1, 0.15) is 5.82 Å². The van der Waals surface area contributed by atoms with Crippen LogP contribution in [-0.2, 0) is 11.0 Å². The number of nitrogens with one attached hydrogen (secondary N) is 1. The minimum absolute atomic E-state index is 0. The molecule has 0 heterocycles. The summed E-state index contributed by atoms with van der Waals surface area (Å²) >= 11 is 0. The second-order valence-corrected chi connectivity index (χ2v) is 3.28. The summed E-state index contributed by atoms with van der Waals surface area (Å²) in [6.45, 7) is 0.0825. The lowest BCUT2D eigenvalue weighted by molar-refractivity contribution is -0.140. The highest BCUT2D eigenvalue weighted by molar-refractivity contribution is 5.90. The van der Waals surface area contributed by atoms with Gasteiger partial charge in [0, 0.05) is 18.7 Å². The highest BCUT2D eigenvalue weighted by atomic mass is 35.5. The van der Waals surface area contributed by atoms with E-state index in [1.54, 1.807) is 0 Å². The molecule has 0 fully saturated rings. The number of halogens is 5. The number of amides is 1. The van der Waals surface area contributed by atoms with Crippen molar-refractivity contribution in [2.24, 2.45) is 5.73 Å². The van der Waals surface area contributed by atoms with E-state index in [0.717, 1.165) is 6.07 Å². The molecule has 1 rings (SSSR count). The molecule has 102 valence electrons. The van der Waals surface area contributed by atoms with Crippen molar-refractivity contribution in [1.29, 1.82) is 0 Å². The third-order valence-electron chi connectivity index (χ3n) is 1.93. The van der Waals surface area contributed by atoms with Crippen LogP contribution in [-0.4, -0.2) is 12.5 Å². The fraction of sp³-hybridized carbons (Fsp3) is 0.300. The largest absolute Gasteiger partial charge is 0.419 e. The van der Waals surface area contributed by atoms with Crippen LogP contribution in [0, 0.1) is 5.82 Å². The van der Waals surface area contributed by atoms with E-state index in [-0.39, 0.29) is 31.1 Å². The zero-order valence-corrected chi connectivity index (χ0v) is 9.87. The Morgan fingerprint density at radius 3 is 2.44 bits per heavy atom. The molecular formula is C10H11ClF4N2O. The molecule has 0 saturated carbocycles. The Morgan fingerprint density at radius 2 is 1.94 bits per heavy atom. The van der Waals surface area contributed by atoms with Crippen LogP contribution in [0.5, 0.6) is 0 Å². The van der Waals surface area contributed by atoms with Crippen molar-refractivity contribution in [1.82, 2.24) is 0 Å². The van der Waals surface area contributed by atoms with E-state index in [1.807, 2.05) is 0 Å². The molecule has 0 unspecified atom stereocenters. The number of alkyl halides is 3. The first-order valence-electron chi connectivity index (χ1n) is 4.71. The summed E-state index contributed by atoms with van der Waals surface area (Å²) < 4.78 is 49.9. The standard InChI is InChI=1S/C10H10F4N2O.ClH/c11-8-2-1-6(16-9(17)3-4-15)5-7(8)10(12,13)14;/h1-2,5H,3-4,15H2,(H,16,17);1H. The second kappa shape index (κ2) is 6.55. The molecule has 8 heteroatoms. The van der Waals surface area contributed by atoms with Gasteiger partial charge in [0.2, 0.25) is 5.91 Å². The van der Waals surface area contributed by atoms with Crippen molar-refractivity contribution in [2.45, 2.75) is 12.6 Å². The Balaban J connectivity index is 0.00000289. The maximum atomic E-state index is 12.9. The van der Waals surface area contributed by atoms with E-state index >= 15 is 0 Å². The molecule has 18 heavy (non-hydrogen) atoms. The molecule has 3 nitrogen and oxygen atoms in total. The highest BCUT2D eigenvalue weighted by Crippen LogP contribution is 2.32. The Labute approximate surface area is 107 Å². The molecule has 0 aliphatic heterocycles. The van der Waals surface area contributed by atoms with Gasteiger partial charge in [0.15, 0.2) is 0 Å². The first kappa shape index (κ1) is 16.7. The number of nitrogens with two attached hydrogens (primary N) is 1. The van der Waals surface area contributed by atoms with Gasteiger partial charge in [-0.25, -0.2) is 4.39 Å². The maximum absolute atomic E-state index is 12.9. The van der Waals surface area contributed by atoms with Crippen LogP contribution in [0.15, 0.2) is 18.2 Å². The van der Waals surface area contributed by atoms with Crippen LogP contribution in [0.4, 0.5) is 23.2 Å². The molecular weight excluding hydrogens is 276 g/mol. The predicted octanol–water partition coefficient (Wildman–Crippen LogP) is 2.55. The van der Waals surface area contributed by atoms with Gasteiger partial charge in [0.25, 0.3) is 0 Å². The number of carbonyl (C=O) groups excluding carboxylic acids is 1. The number of rotatable bonds is 3. The van der Waals surface area contributed by atoms with Gasteiger partial charge in [-0.1, -0.05) is 0 Å². The number of anilines is 1. The van der Waals surface area contributed by atoms with Crippen LogP contribution in [0.3, 0.4) is 0 Å². The number of hydrogen-bond donors (Lipinski definition) is 2. The fourth-order valence-corrected chi connectivity index (χ4v) is 1.17. The summed E-state index contributed by atoms with van der Waals surface area (Å²) in [5.74, 6) is -1.90. The molecule has 3 N–H and O–H groups in total. The Kier molecular flexibility index (Phi) is 6.07. The Morgan fingerprint density at radius 1 is 1.33 bits per heavy atom. The van der Waals surface area contributed by atoms with Gasteiger partial charge in [-0.15, -0.1) is 12.4 Å². The molecule has 1 aromatic rings. The predicted molar refractivity (Wildman–Crippen MR) is 61.0 cm³/mol. The van der Waals surface area contributed by atoms with Gasteiger partial charge < -0.3 is 11.1 Å². The second-order valence-electron chi connectivity index (χ2n) is 3.28. The molecule has 0 atom stereocenters. The quantitative estimate of drug-likeness (QED) is 0.839. The minimum atomic E-state index is -4.79. The zero-order valence-electron chi connectivity index (χ0n) is 9.05. The van der Waals surface area contributed by atoms with Crippen molar-refractivity contribution < 1.29 is 22.4 Å². The lowest BCUT2D eigenvalue weighted by Crippen LogP contribution is -2.17. The fourth-order valence-electron chi connectivity index (χ4n) is 1.17. The highest BCUT2D eigenvalue weighted by Gasteiger charge is 2.34.